The Morgan fingerprint density at radius 2 is 1.93 bits per heavy atom. The maximum Gasteiger partial charge on any atom is 0.0178 e. The number of hydrogen-bond donors (Lipinski definition) is 1. The zero-order valence-electron chi connectivity index (χ0n) is 8.92. The van der Waals surface area contributed by atoms with Gasteiger partial charge in [0.15, 0.2) is 0 Å². The van der Waals surface area contributed by atoms with Gasteiger partial charge in [0.05, 0.1) is 0 Å². The highest BCUT2D eigenvalue weighted by atomic mass is 79.9. The van der Waals surface area contributed by atoms with Crippen molar-refractivity contribution in [2.24, 2.45) is 0 Å². The Hall–Kier alpha value is -0.0500. The molecule has 84 valence electrons. The molecule has 0 bridgehead atoms. The molecule has 0 saturated carbocycles. The highest BCUT2D eigenvalue weighted by molar-refractivity contribution is 9.10. The van der Waals surface area contributed by atoms with Crippen LogP contribution in [0.15, 0.2) is 28.7 Å². The van der Waals surface area contributed by atoms with Gasteiger partial charge >= 0.3 is 0 Å². The first-order chi connectivity index (χ1) is 6.71. The van der Waals surface area contributed by atoms with E-state index in [1.807, 2.05) is 0 Å². The van der Waals surface area contributed by atoms with Crippen LogP contribution >= 0.6 is 28.3 Å². The van der Waals surface area contributed by atoms with Crippen LogP contribution in [-0.2, 0) is 5.41 Å². The van der Waals surface area contributed by atoms with Gasteiger partial charge in [-0.25, -0.2) is 0 Å². The van der Waals surface area contributed by atoms with Gasteiger partial charge < -0.3 is 5.32 Å². The van der Waals surface area contributed by atoms with Crippen LogP contribution < -0.4 is 5.32 Å². The first-order valence-corrected chi connectivity index (χ1v) is 5.97. The molecule has 15 heavy (non-hydrogen) atoms. The van der Waals surface area contributed by atoms with Crippen LogP contribution in [0.5, 0.6) is 0 Å². The van der Waals surface area contributed by atoms with Gasteiger partial charge in [-0.1, -0.05) is 35.0 Å². The molecule has 0 atom stereocenters. The van der Waals surface area contributed by atoms with Crippen molar-refractivity contribution in [3.8, 4) is 0 Å². The monoisotopic (exact) mass is 289 g/mol. The normalized spacial score (nSPS) is 19.3. The molecule has 0 aliphatic carbocycles. The fourth-order valence-electron chi connectivity index (χ4n) is 2.13. The predicted molar refractivity (Wildman–Crippen MR) is 70.8 cm³/mol. The topological polar surface area (TPSA) is 12.0 Å². The van der Waals surface area contributed by atoms with Crippen molar-refractivity contribution in [2.75, 3.05) is 13.1 Å². The molecule has 1 aromatic rings. The number of nitrogens with one attached hydrogen (secondary N) is 1. The van der Waals surface area contributed by atoms with Crippen LogP contribution in [0.25, 0.3) is 0 Å². The van der Waals surface area contributed by atoms with Crippen molar-refractivity contribution >= 4 is 28.3 Å². The van der Waals surface area contributed by atoms with Gasteiger partial charge in [-0.05, 0) is 49.0 Å². The summed E-state index contributed by atoms with van der Waals surface area (Å²) in [6, 6.07) is 8.72. The van der Waals surface area contributed by atoms with Crippen LogP contribution in [0.2, 0.25) is 0 Å². The summed E-state index contributed by atoms with van der Waals surface area (Å²) in [6.07, 6.45) is 2.48. The minimum atomic E-state index is 0. The van der Waals surface area contributed by atoms with E-state index >= 15 is 0 Å². The average molecular weight is 291 g/mol. The third-order valence-corrected chi connectivity index (χ3v) is 3.72. The van der Waals surface area contributed by atoms with E-state index in [4.69, 9.17) is 0 Å². The van der Waals surface area contributed by atoms with Crippen LogP contribution in [0.1, 0.15) is 25.3 Å². The van der Waals surface area contributed by atoms with E-state index in [1.165, 1.54) is 22.9 Å². The van der Waals surface area contributed by atoms with Crippen molar-refractivity contribution in [1.29, 1.82) is 0 Å². The molecule has 0 spiro atoms. The van der Waals surface area contributed by atoms with E-state index in [2.05, 4.69) is 52.4 Å². The molecule has 0 aromatic heterocycles. The Morgan fingerprint density at radius 3 is 2.53 bits per heavy atom. The summed E-state index contributed by atoms with van der Waals surface area (Å²) >= 11 is 3.54. The summed E-state index contributed by atoms with van der Waals surface area (Å²) in [7, 11) is 0. The van der Waals surface area contributed by atoms with Crippen LogP contribution in [0.3, 0.4) is 0 Å². The number of halogens is 2. The molecule has 0 radical (unpaired) electrons. The lowest BCUT2D eigenvalue weighted by atomic mass is 9.75. The Morgan fingerprint density at radius 1 is 1.27 bits per heavy atom. The molecule has 1 aromatic carbocycles. The van der Waals surface area contributed by atoms with Crippen molar-refractivity contribution in [2.45, 2.75) is 25.2 Å². The summed E-state index contributed by atoms with van der Waals surface area (Å²) in [5.41, 5.74) is 1.84. The fraction of sp³-hybridized carbons (Fsp3) is 0.500. The maximum absolute atomic E-state index is 3.54. The summed E-state index contributed by atoms with van der Waals surface area (Å²) < 4.78 is 1.19. The number of rotatable bonds is 1. The van der Waals surface area contributed by atoms with Gasteiger partial charge in [-0.15, -0.1) is 12.4 Å². The zero-order chi connectivity index (χ0) is 10.0. The molecule has 1 heterocycles. The Labute approximate surface area is 106 Å². The smallest absolute Gasteiger partial charge is 0.0178 e. The standard InChI is InChI=1S/C12H16BrN.ClH/c1-12(5-7-14-8-6-12)10-3-2-4-11(13)9-10;/h2-4,9,14H,5-8H2,1H3;1H. The highest BCUT2D eigenvalue weighted by Gasteiger charge is 2.28. The molecule has 0 unspecified atom stereocenters. The molecule has 2 rings (SSSR count). The minimum Gasteiger partial charge on any atom is -0.317 e. The van der Waals surface area contributed by atoms with Crippen molar-refractivity contribution in [1.82, 2.24) is 5.32 Å². The molecule has 1 nitrogen and oxygen atoms in total. The van der Waals surface area contributed by atoms with Gasteiger partial charge in [-0.2, -0.15) is 0 Å². The van der Waals surface area contributed by atoms with E-state index in [1.54, 1.807) is 0 Å². The number of piperidine rings is 1. The van der Waals surface area contributed by atoms with Gasteiger partial charge in [0.25, 0.3) is 0 Å². The minimum absolute atomic E-state index is 0. The summed E-state index contributed by atoms with van der Waals surface area (Å²) in [4.78, 5) is 0. The lowest BCUT2D eigenvalue weighted by Gasteiger charge is -2.34. The van der Waals surface area contributed by atoms with Gasteiger partial charge in [0.2, 0.25) is 0 Å². The molecule has 1 aliphatic heterocycles. The molecule has 1 fully saturated rings. The third kappa shape index (κ3) is 2.96. The maximum atomic E-state index is 3.54. The fourth-order valence-corrected chi connectivity index (χ4v) is 2.53. The summed E-state index contributed by atoms with van der Waals surface area (Å²) in [6.45, 7) is 4.65. The lowest BCUT2D eigenvalue weighted by Crippen LogP contribution is -2.37. The van der Waals surface area contributed by atoms with Crippen molar-refractivity contribution in [3.63, 3.8) is 0 Å². The second-order valence-corrected chi connectivity index (χ2v) is 5.24. The molecule has 3 heteroatoms. The second kappa shape index (κ2) is 5.33. The molecular formula is C12H17BrClN. The third-order valence-electron chi connectivity index (χ3n) is 3.23. The highest BCUT2D eigenvalue weighted by Crippen LogP contribution is 2.33. The summed E-state index contributed by atoms with van der Waals surface area (Å²) in [5.74, 6) is 0. The Kier molecular flexibility index (Phi) is 4.63. The van der Waals surface area contributed by atoms with Gasteiger partial charge in [0.1, 0.15) is 0 Å². The van der Waals surface area contributed by atoms with E-state index in [0.29, 0.717) is 5.41 Å². The van der Waals surface area contributed by atoms with Crippen LogP contribution in [-0.4, -0.2) is 13.1 Å². The molecule has 0 amide bonds. The first-order valence-electron chi connectivity index (χ1n) is 5.17. The average Bonchev–Trinajstić information content (AvgIpc) is 2.19. The Bertz CT molecular complexity index is 321. The number of benzene rings is 1. The molecule has 1 aliphatic rings. The SMILES string of the molecule is CC1(c2cccc(Br)c2)CCNCC1.Cl. The van der Waals surface area contributed by atoms with E-state index in [-0.39, 0.29) is 12.4 Å². The quantitative estimate of drug-likeness (QED) is 0.834. The molecule has 1 N–H and O–H groups in total. The van der Waals surface area contributed by atoms with E-state index in [0.717, 1.165) is 13.1 Å². The van der Waals surface area contributed by atoms with Gasteiger partial charge in [0, 0.05) is 4.47 Å². The van der Waals surface area contributed by atoms with Crippen molar-refractivity contribution < 1.29 is 0 Å². The van der Waals surface area contributed by atoms with Crippen LogP contribution in [0, 0.1) is 0 Å². The van der Waals surface area contributed by atoms with Crippen molar-refractivity contribution in [3.05, 3.63) is 34.3 Å². The molecule has 1 saturated heterocycles. The van der Waals surface area contributed by atoms with Gasteiger partial charge in [-0.3, -0.25) is 0 Å². The second-order valence-electron chi connectivity index (χ2n) is 4.32. The molecular weight excluding hydrogens is 273 g/mol. The predicted octanol–water partition coefficient (Wildman–Crippen LogP) is 3.51. The lowest BCUT2D eigenvalue weighted by molar-refractivity contribution is 0.335. The zero-order valence-corrected chi connectivity index (χ0v) is 11.3. The summed E-state index contributed by atoms with van der Waals surface area (Å²) in [5, 5.41) is 3.41. The largest absolute Gasteiger partial charge is 0.317 e. The Balaban J connectivity index is 0.00000112. The first kappa shape index (κ1) is 13.0. The van der Waals surface area contributed by atoms with E-state index in [9.17, 15) is 0 Å². The number of hydrogen-bond acceptors (Lipinski definition) is 1. The van der Waals surface area contributed by atoms with E-state index < -0.39 is 0 Å². The van der Waals surface area contributed by atoms with Crippen LogP contribution in [0.4, 0.5) is 0 Å².